The maximum Gasteiger partial charge on any atom is 0.410 e. The van der Waals surface area contributed by atoms with Crippen molar-refractivity contribution in [2.75, 3.05) is 44.7 Å². The molecule has 0 atom stereocenters. The molecule has 0 saturated carbocycles. The van der Waals surface area contributed by atoms with Crippen LogP contribution in [-0.4, -0.2) is 88.3 Å². The van der Waals surface area contributed by atoms with E-state index in [4.69, 9.17) is 9.26 Å². The molecule has 0 aliphatic carbocycles. The number of rotatable bonds is 11. The van der Waals surface area contributed by atoms with Crippen LogP contribution in [0.1, 0.15) is 50.3 Å². The highest BCUT2D eigenvalue weighted by Gasteiger charge is 2.29. The topological polar surface area (TPSA) is 124 Å². The van der Waals surface area contributed by atoms with Crippen LogP contribution in [0.25, 0.3) is 11.4 Å². The molecule has 3 aromatic rings. The van der Waals surface area contributed by atoms with Crippen molar-refractivity contribution in [2.45, 2.75) is 60.2 Å². The number of aromatic nitrogens is 2. The number of nitrogens with one attached hydrogen (secondary N) is 1. The van der Waals surface area contributed by atoms with E-state index >= 15 is 4.39 Å². The summed E-state index contributed by atoms with van der Waals surface area (Å²) in [6.45, 7) is 11.2. The number of amides is 3. The quantitative estimate of drug-likeness (QED) is 0.328. The van der Waals surface area contributed by atoms with Gasteiger partial charge in [0.2, 0.25) is 17.6 Å². The van der Waals surface area contributed by atoms with Gasteiger partial charge in [-0.05, 0) is 63.9 Å². The maximum absolute atomic E-state index is 15.1. The Balaban J connectivity index is 1.53. The third-order valence-corrected chi connectivity index (χ3v) is 7.49. The number of anilines is 1. The summed E-state index contributed by atoms with van der Waals surface area (Å²) >= 11 is 0. The van der Waals surface area contributed by atoms with Crippen LogP contribution < -0.4 is 10.2 Å². The smallest absolute Gasteiger partial charge is 0.410 e. The van der Waals surface area contributed by atoms with Gasteiger partial charge < -0.3 is 24.4 Å². The van der Waals surface area contributed by atoms with E-state index in [0.717, 1.165) is 5.56 Å². The van der Waals surface area contributed by atoms with Crippen molar-refractivity contribution in [2.24, 2.45) is 0 Å². The number of hydrogen-bond donors (Lipinski definition) is 1. The number of nitrogens with zero attached hydrogens (tertiary/aromatic N) is 6. The molecule has 12 nitrogen and oxygen atoms in total. The summed E-state index contributed by atoms with van der Waals surface area (Å²) in [6, 6.07) is 7.61. The van der Waals surface area contributed by atoms with Crippen molar-refractivity contribution in [3.05, 3.63) is 64.5 Å². The molecule has 1 aliphatic rings. The van der Waals surface area contributed by atoms with Crippen molar-refractivity contribution in [3.63, 3.8) is 0 Å². The number of likely N-dealkylation sites (N-methyl/N-ethyl adjacent to an activating group) is 2. The first-order chi connectivity index (χ1) is 21.7. The fourth-order valence-electron chi connectivity index (χ4n) is 5.07. The summed E-state index contributed by atoms with van der Waals surface area (Å²) < 4.78 is 39.9. The lowest BCUT2D eigenvalue weighted by atomic mass is 10.1. The van der Waals surface area contributed by atoms with Gasteiger partial charge in [0.1, 0.15) is 17.2 Å². The Hall–Kier alpha value is -4.59. The summed E-state index contributed by atoms with van der Waals surface area (Å²) in [4.78, 5) is 46.5. The number of halogens is 2. The molecular formula is C32H41F2N7O5. The molecule has 1 aliphatic heterocycles. The SMILES string of the molecule is CCN(CCNC(=O)CN(CC(=O)N(C)N1Cc2cccc(F)c2C1)c1cc(-c2noc(C)n2)c(F)cc1C)C(=O)OC(C)(C)C. The Kier molecular flexibility index (Phi) is 10.6. The Morgan fingerprint density at radius 1 is 1.09 bits per heavy atom. The molecule has 1 N–H and O–H groups in total. The number of benzene rings is 2. The van der Waals surface area contributed by atoms with Crippen LogP contribution in [0.3, 0.4) is 0 Å². The van der Waals surface area contributed by atoms with Gasteiger partial charge in [-0.15, -0.1) is 0 Å². The van der Waals surface area contributed by atoms with Gasteiger partial charge in [-0.25, -0.2) is 18.6 Å². The van der Waals surface area contributed by atoms with Crippen molar-refractivity contribution < 1.29 is 32.4 Å². The highest BCUT2D eigenvalue weighted by molar-refractivity contribution is 5.87. The van der Waals surface area contributed by atoms with Crippen LogP contribution in [0.5, 0.6) is 0 Å². The number of hydrogen-bond acceptors (Lipinski definition) is 9. The number of ether oxygens (including phenoxy) is 1. The zero-order valence-electron chi connectivity index (χ0n) is 27.3. The molecule has 14 heteroatoms. The monoisotopic (exact) mass is 641 g/mol. The van der Waals surface area contributed by atoms with Gasteiger partial charge in [0.05, 0.1) is 18.7 Å². The van der Waals surface area contributed by atoms with Crippen LogP contribution in [-0.2, 0) is 27.4 Å². The second kappa shape index (κ2) is 14.2. The predicted molar refractivity (Wildman–Crippen MR) is 166 cm³/mol. The molecule has 0 saturated heterocycles. The highest BCUT2D eigenvalue weighted by Crippen LogP contribution is 2.30. The fraction of sp³-hybridized carbons (Fsp3) is 0.469. The zero-order chi connectivity index (χ0) is 33.8. The van der Waals surface area contributed by atoms with E-state index in [1.807, 2.05) is 13.0 Å². The van der Waals surface area contributed by atoms with Crippen LogP contribution in [0.15, 0.2) is 34.9 Å². The molecule has 0 spiro atoms. The average Bonchev–Trinajstić information content (AvgIpc) is 3.61. The third kappa shape index (κ3) is 8.36. The molecular weight excluding hydrogens is 600 g/mol. The number of carbonyl (C=O) groups is 3. The lowest BCUT2D eigenvalue weighted by molar-refractivity contribution is -0.145. The number of carbonyl (C=O) groups excluding carboxylic acids is 3. The minimum Gasteiger partial charge on any atom is -0.444 e. The molecule has 248 valence electrons. The molecule has 46 heavy (non-hydrogen) atoms. The first-order valence-electron chi connectivity index (χ1n) is 15.0. The van der Waals surface area contributed by atoms with Crippen molar-refractivity contribution in [1.29, 1.82) is 0 Å². The van der Waals surface area contributed by atoms with E-state index in [2.05, 4.69) is 15.5 Å². The van der Waals surface area contributed by atoms with Crippen molar-refractivity contribution >= 4 is 23.6 Å². The molecule has 0 radical (unpaired) electrons. The Morgan fingerprint density at radius 3 is 2.46 bits per heavy atom. The van der Waals surface area contributed by atoms with Crippen molar-refractivity contribution in [3.8, 4) is 11.4 Å². The number of hydrazine groups is 1. The van der Waals surface area contributed by atoms with Gasteiger partial charge >= 0.3 is 6.09 Å². The van der Waals surface area contributed by atoms with E-state index < -0.39 is 23.4 Å². The van der Waals surface area contributed by atoms with Gasteiger partial charge in [-0.2, -0.15) is 4.98 Å². The number of fused-ring (bicyclic) bond motifs is 1. The van der Waals surface area contributed by atoms with Crippen LogP contribution in [0.2, 0.25) is 0 Å². The Labute approximate surface area is 267 Å². The first kappa shape index (κ1) is 34.3. The summed E-state index contributed by atoms with van der Waals surface area (Å²) in [5, 5.41) is 9.76. The minimum absolute atomic E-state index is 0.0303. The van der Waals surface area contributed by atoms with E-state index in [0.29, 0.717) is 29.9 Å². The van der Waals surface area contributed by atoms with E-state index in [-0.39, 0.29) is 61.7 Å². The van der Waals surface area contributed by atoms with E-state index in [9.17, 15) is 18.8 Å². The lowest BCUT2D eigenvalue weighted by Gasteiger charge is -2.32. The fourth-order valence-corrected chi connectivity index (χ4v) is 5.07. The van der Waals surface area contributed by atoms with Crippen molar-refractivity contribution in [1.82, 2.24) is 30.4 Å². The molecule has 4 rings (SSSR count). The lowest BCUT2D eigenvalue weighted by Crippen LogP contribution is -2.48. The molecule has 3 amide bonds. The maximum atomic E-state index is 15.1. The normalized spacial score (nSPS) is 12.9. The minimum atomic E-state index is -0.661. The van der Waals surface area contributed by atoms with Gasteiger partial charge in [0.25, 0.3) is 5.91 Å². The van der Waals surface area contributed by atoms with Crippen LogP contribution in [0.4, 0.5) is 19.3 Å². The standard InChI is InChI=1S/C32H41F2N7O5/c1-8-39(31(44)45-32(4,5)6)13-12-35-28(42)18-40(27-15-23(26(34)14-20(27)2)30-36-21(3)46-37-30)19-29(43)38(7)41-16-22-10-9-11-25(33)24(22)17-41/h9-11,14-15H,8,12-13,16-19H2,1-7H3,(H,35,42). The Bertz CT molecular complexity index is 1590. The molecule has 1 aromatic heterocycles. The summed E-state index contributed by atoms with van der Waals surface area (Å²) in [7, 11) is 1.59. The number of aryl methyl sites for hydroxylation is 2. The first-order valence-corrected chi connectivity index (χ1v) is 15.0. The van der Waals surface area contributed by atoms with Gasteiger partial charge in [0, 0.05) is 57.9 Å². The molecule has 0 fully saturated rings. The zero-order valence-corrected chi connectivity index (χ0v) is 27.3. The van der Waals surface area contributed by atoms with E-state index in [1.165, 1.54) is 33.0 Å². The summed E-state index contributed by atoms with van der Waals surface area (Å²) in [6.07, 6.45) is -0.491. The Morgan fingerprint density at radius 2 is 1.83 bits per heavy atom. The van der Waals surface area contributed by atoms with Crippen LogP contribution in [0, 0.1) is 25.5 Å². The highest BCUT2D eigenvalue weighted by atomic mass is 19.1. The average molecular weight is 642 g/mol. The summed E-state index contributed by atoms with van der Waals surface area (Å²) in [5.41, 5.74) is 1.59. The van der Waals surface area contributed by atoms with Gasteiger partial charge in [0.15, 0.2) is 0 Å². The largest absolute Gasteiger partial charge is 0.444 e. The molecule has 0 bridgehead atoms. The van der Waals surface area contributed by atoms with Gasteiger partial charge in [-0.3, -0.25) is 14.6 Å². The predicted octanol–water partition coefficient (Wildman–Crippen LogP) is 4.20. The van der Waals surface area contributed by atoms with Gasteiger partial charge in [-0.1, -0.05) is 17.3 Å². The van der Waals surface area contributed by atoms with E-state index in [1.54, 1.807) is 52.7 Å². The second-order valence-electron chi connectivity index (χ2n) is 12.1. The summed E-state index contributed by atoms with van der Waals surface area (Å²) in [5.74, 6) is -1.44. The third-order valence-electron chi connectivity index (χ3n) is 7.49. The second-order valence-corrected chi connectivity index (χ2v) is 12.1. The van der Waals surface area contributed by atoms with Crippen LogP contribution >= 0.6 is 0 Å². The molecule has 2 heterocycles. The molecule has 2 aromatic carbocycles. The molecule has 0 unspecified atom stereocenters.